The summed E-state index contributed by atoms with van der Waals surface area (Å²) in [6.07, 6.45) is 5.13. The van der Waals surface area contributed by atoms with E-state index < -0.39 is 5.97 Å². The predicted molar refractivity (Wildman–Crippen MR) is 119 cm³/mol. The molecular formula is C26H26O4. The van der Waals surface area contributed by atoms with E-state index in [0.29, 0.717) is 11.1 Å². The van der Waals surface area contributed by atoms with Gasteiger partial charge in [0, 0.05) is 5.57 Å². The third-order valence-electron chi connectivity index (χ3n) is 5.29. The molecule has 154 valence electrons. The van der Waals surface area contributed by atoms with Crippen molar-refractivity contribution in [1.29, 1.82) is 0 Å². The number of ketones is 1. The Morgan fingerprint density at radius 3 is 2.17 bits per heavy atom. The van der Waals surface area contributed by atoms with Gasteiger partial charge in [-0.2, -0.15) is 0 Å². The number of phenols is 1. The van der Waals surface area contributed by atoms with Crippen LogP contribution in [0.15, 0.2) is 71.8 Å². The monoisotopic (exact) mass is 402 g/mol. The third kappa shape index (κ3) is 4.13. The topological polar surface area (TPSA) is 74.6 Å². The fourth-order valence-electron chi connectivity index (χ4n) is 3.69. The van der Waals surface area contributed by atoms with Crippen molar-refractivity contribution in [2.24, 2.45) is 5.92 Å². The van der Waals surface area contributed by atoms with Crippen LogP contribution in [0.4, 0.5) is 0 Å². The van der Waals surface area contributed by atoms with Crippen molar-refractivity contribution in [3.8, 4) is 5.75 Å². The van der Waals surface area contributed by atoms with E-state index in [-0.39, 0.29) is 28.9 Å². The molecule has 0 radical (unpaired) electrons. The number of benzene rings is 2. The van der Waals surface area contributed by atoms with Crippen molar-refractivity contribution in [3.63, 3.8) is 0 Å². The number of carboxylic acids is 1. The average Bonchev–Trinajstić information content (AvgIpc) is 2.70. The molecule has 2 N–H and O–H groups in total. The van der Waals surface area contributed by atoms with Crippen LogP contribution in [-0.4, -0.2) is 22.0 Å². The maximum Gasteiger partial charge on any atom is 0.336 e. The van der Waals surface area contributed by atoms with Crippen molar-refractivity contribution in [1.82, 2.24) is 0 Å². The zero-order chi connectivity index (χ0) is 22.0. The average molecular weight is 402 g/mol. The van der Waals surface area contributed by atoms with Gasteiger partial charge in [0.25, 0.3) is 0 Å². The van der Waals surface area contributed by atoms with Crippen LogP contribution in [0.2, 0.25) is 0 Å². The molecule has 0 aliphatic heterocycles. The van der Waals surface area contributed by atoms with Crippen LogP contribution >= 0.6 is 0 Å². The number of aromatic carboxylic acids is 1. The summed E-state index contributed by atoms with van der Waals surface area (Å²) in [5.74, 6) is -0.711. The Hall–Kier alpha value is -3.40. The van der Waals surface area contributed by atoms with Gasteiger partial charge in [-0.1, -0.05) is 58.0 Å². The highest BCUT2D eigenvalue weighted by molar-refractivity contribution is 6.08. The number of hydrogen-bond acceptors (Lipinski definition) is 3. The molecule has 1 aliphatic carbocycles. The van der Waals surface area contributed by atoms with E-state index in [4.69, 9.17) is 0 Å². The number of carbonyl (C=O) groups is 2. The van der Waals surface area contributed by atoms with Crippen LogP contribution in [0, 0.1) is 5.92 Å². The van der Waals surface area contributed by atoms with Gasteiger partial charge in [0.05, 0.1) is 5.56 Å². The first-order valence-electron chi connectivity index (χ1n) is 10.0. The molecule has 0 saturated heterocycles. The highest BCUT2D eigenvalue weighted by Gasteiger charge is 2.22. The Bertz CT molecular complexity index is 1100. The lowest BCUT2D eigenvalue weighted by Crippen LogP contribution is -2.11. The van der Waals surface area contributed by atoms with Crippen LogP contribution in [0.25, 0.3) is 5.57 Å². The molecule has 2 aromatic carbocycles. The smallest absolute Gasteiger partial charge is 0.336 e. The minimum Gasteiger partial charge on any atom is -0.508 e. The molecule has 2 aromatic rings. The van der Waals surface area contributed by atoms with Gasteiger partial charge in [-0.05, 0) is 70.0 Å². The molecule has 0 bridgehead atoms. The molecule has 4 nitrogen and oxygen atoms in total. The van der Waals surface area contributed by atoms with E-state index in [9.17, 15) is 19.8 Å². The lowest BCUT2D eigenvalue weighted by molar-refractivity contribution is -0.111. The second-order valence-corrected chi connectivity index (χ2v) is 8.06. The Balaban J connectivity index is 2.38. The van der Waals surface area contributed by atoms with Gasteiger partial charge >= 0.3 is 5.97 Å². The normalized spacial score (nSPS) is 15.5. The summed E-state index contributed by atoms with van der Waals surface area (Å²) in [6.45, 7) is 7.91. The number of carbonyl (C=O) groups excluding carboxylic acids is 1. The Morgan fingerprint density at radius 2 is 1.57 bits per heavy atom. The van der Waals surface area contributed by atoms with E-state index in [1.54, 1.807) is 42.5 Å². The molecule has 0 amide bonds. The SMILES string of the molecule is CC(C)C1=C/C(=C(/c2ccc(O)c(C(C)C)c2)c2ccccc2C(=O)O)C=CC1=O. The van der Waals surface area contributed by atoms with E-state index in [0.717, 1.165) is 22.3 Å². The van der Waals surface area contributed by atoms with Crippen molar-refractivity contribution in [2.75, 3.05) is 0 Å². The highest BCUT2D eigenvalue weighted by Crippen LogP contribution is 2.36. The fourth-order valence-corrected chi connectivity index (χ4v) is 3.69. The van der Waals surface area contributed by atoms with Crippen molar-refractivity contribution >= 4 is 17.3 Å². The Morgan fingerprint density at radius 1 is 0.900 bits per heavy atom. The summed E-state index contributed by atoms with van der Waals surface area (Å²) < 4.78 is 0. The van der Waals surface area contributed by atoms with E-state index in [1.165, 1.54) is 6.08 Å². The number of hydrogen-bond donors (Lipinski definition) is 2. The summed E-state index contributed by atoms with van der Waals surface area (Å²) in [6, 6.07) is 12.2. The zero-order valence-electron chi connectivity index (χ0n) is 17.6. The number of aromatic hydroxyl groups is 1. The van der Waals surface area contributed by atoms with E-state index >= 15 is 0 Å². The quantitative estimate of drug-likeness (QED) is 0.669. The van der Waals surface area contributed by atoms with E-state index in [2.05, 4.69) is 0 Å². The van der Waals surface area contributed by atoms with Gasteiger partial charge in [0.2, 0.25) is 0 Å². The molecule has 0 unspecified atom stereocenters. The molecule has 3 rings (SSSR count). The largest absolute Gasteiger partial charge is 0.508 e. The summed E-state index contributed by atoms with van der Waals surface area (Å²) >= 11 is 0. The van der Waals surface area contributed by atoms with Crippen molar-refractivity contribution in [3.05, 3.63) is 94.1 Å². The molecule has 0 aromatic heterocycles. The molecule has 0 heterocycles. The lowest BCUT2D eigenvalue weighted by Gasteiger charge is -2.20. The molecule has 1 aliphatic rings. The zero-order valence-corrected chi connectivity index (χ0v) is 17.6. The summed E-state index contributed by atoms with van der Waals surface area (Å²) in [5.41, 5.74) is 4.49. The number of rotatable bonds is 5. The minimum atomic E-state index is -1.02. The summed E-state index contributed by atoms with van der Waals surface area (Å²) in [5, 5.41) is 20.1. The van der Waals surface area contributed by atoms with Gasteiger partial charge in [-0.25, -0.2) is 4.79 Å². The second kappa shape index (κ2) is 8.54. The molecular weight excluding hydrogens is 376 g/mol. The molecule has 0 fully saturated rings. The fraction of sp³-hybridized carbons (Fsp3) is 0.231. The second-order valence-electron chi connectivity index (χ2n) is 8.06. The predicted octanol–water partition coefficient (Wildman–Crippen LogP) is 5.74. The van der Waals surface area contributed by atoms with Gasteiger partial charge in [0.15, 0.2) is 5.78 Å². The van der Waals surface area contributed by atoms with Crippen LogP contribution in [0.3, 0.4) is 0 Å². The van der Waals surface area contributed by atoms with Crippen LogP contribution in [-0.2, 0) is 4.79 Å². The molecule has 0 spiro atoms. The summed E-state index contributed by atoms with van der Waals surface area (Å²) in [4.78, 5) is 24.3. The lowest BCUT2D eigenvalue weighted by atomic mass is 9.84. The van der Waals surface area contributed by atoms with Crippen molar-refractivity contribution < 1.29 is 19.8 Å². The number of phenolic OH excluding ortho intramolecular Hbond substituents is 1. The highest BCUT2D eigenvalue weighted by atomic mass is 16.4. The standard InChI is InChI=1S/C26H26O4/c1-15(2)21-13-17(9-11-23(21)27)25(19-7-5-6-8-20(19)26(29)30)18-10-12-24(28)22(14-18)16(3)4/h5-16,27H,1-4H3,(H,29,30)/b25-18-. The molecule has 0 saturated carbocycles. The van der Waals surface area contributed by atoms with Crippen LogP contribution < -0.4 is 0 Å². The van der Waals surface area contributed by atoms with Crippen molar-refractivity contribution in [2.45, 2.75) is 33.6 Å². The first kappa shape index (κ1) is 21.3. The molecule has 30 heavy (non-hydrogen) atoms. The maximum atomic E-state index is 12.3. The minimum absolute atomic E-state index is 0.0341. The number of allylic oxidation sites excluding steroid dienone is 5. The van der Waals surface area contributed by atoms with Gasteiger partial charge in [-0.15, -0.1) is 0 Å². The first-order valence-corrected chi connectivity index (χ1v) is 10.0. The van der Waals surface area contributed by atoms with Gasteiger partial charge < -0.3 is 10.2 Å². The number of carboxylic acid groups (broad SMARTS) is 1. The molecule has 4 heteroatoms. The van der Waals surface area contributed by atoms with Crippen LogP contribution in [0.5, 0.6) is 5.75 Å². The third-order valence-corrected chi connectivity index (χ3v) is 5.29. The van der Waals surface area contributed by atoms with Crippen LogP contribution in [0.1, 0.15) is 60.7 Å². The van der Waals surface area contributed by atoms with E-state index in [1.807, 2.05) is 39.8 Å². The van der Waals surface area contributed by atoms with Gasteiger partial charge in [-0.3, -0.25) is 4.79 Å². The Kier molecular flexibility index (Phi) is 6.06. The first-order chi connectivity index (χ1) is 14.2. The Labute approximate surface area is 176 Å². The summed E-state index contributed by atoms with van der Waals surface area (Å²) in [7, 11) is 0. The maximum absolute atomic E-state index is 12.3. The molecule has 0 atom stereocenters. The van der Waals surface area contributed by atoms with Gasteiger partial charge in [0.1, 0.15) is 5.75 Å².